The monoisotopic (exact) mass is 973 g/mol. The van der Waals surface area contributed by atoms with Gasteiger partial charge in [0.15, 0.2) is 5.82 Å². The molecule has 2 aromatic carbocycles. The van der Waals surface area contributed by atoms with Gasteiger partial charge in [-0.3, -0.25) is 38.7 Å². The molecule has 22 nitrogen and oxygen atoms in total. The molecular formula is C49H59N13O9. The first-order chi connectivity index (χ1) is 34.2. The van der Waals surface area contributed by atoms with Crippen molar-refractivity contribution in [1.29, 1.82) is 0 Å². The summed E-state index contributed by atoms with van der Waals surface area (Å²) in [5, 5.41) is 16.1. The molecule has 0 aliphatic rings. The first-order valence-electron chi connectivity index (χ1n) is 23.3. The molecule has 71 heavy (non-hydrogen) atoms. The number of nitrogens with two attached hydrogens (primary N) is 2. The van der Waals surface area contributed by atoms with Crippen LogP contribution in [-0.2, 0) is 56.6 Å². The molecule has 0 aliphatic heterocycles. The fourth-order valence-electron chi connectivity index (χ4n) is 8.28. The highest BCUT2D eigenvalue weighted by Crippen LogP contribution is 2.37. The van der Waals surface area contributed by atoms with E-state index in [-0.39, 0.29) is 74.6 Å². The van der Waals surface area contributed by atoms with Crippen LogP contribution in [0.3, 0.4) is 0 Å². The highest BCUT2D eigenvalue weighted by Gasteiger charge is 2.23. The Kier molecular flexibility index (Phi) is 16.5. The molecule has 0 aliphatic carbocycles. The number of benzene rings is 2. The molecule has 22 heteroatoms. The number of rotatable bonds is 25. The molecule has 0 bridgehead atoms. The maximum Gasteiger partial charge on any atom is 0.305 e. The first kappa shape index (κ1) is 50.9. The highest BCUT2D eigenvalue weighted by atomic mass is 16.5. The van der Waals surface area contributed by atoms with Crippen LogP contribution in [0, 0.1) is 13.8 Å². The number of carbonyl (C=O) groups excluding carboxylic acids is 5. The molecule has 6 N–H and O–H groups in total. The van der Waals surface area contributed by atoms with E-state index in [0.29, 0.717) is 101 Å². The largest absolute Gasteiger partial charge is 0.491 e. The van der Waals surface area contributed by atoms with Crippen LogP contribution in [0.15, 0.2) is 54.7 Å². The molecule has 5 heterocycles. The van der Waals surface area contributed by atoms with E-state index in [9.17, 15) is 24.0 Å². The summed E-state index contributed by atoms with van der Waals surface area (Å²) in [7, 11) is 2.91. The molecule has 374 valence electrons. The molecule has 0 fully saturated rings. The highest BCUT2D eigenvalue weighted by molar-refractivity contribution is 6.12. The van der Waals surface area contributed by atoms with Crippen LogP contribution in [0.25, 0.3) is 44.5 Å². The van der Waals surface area contributed by atoms with Crippen LogP contribution >= 0.6 is 0 Å². The number of methoxy groups -OCH3 is 2. The van der Waals surface area contributed by atoms with Gasteiger partial charge in [0.1, 0.15) is 22.8 Å². The van der Waals surface area contributed by atoms with Gasteiger partial charge in [0.2, 0.25) is 23.7 Å². The third kappa shape index (κ3) is 11.7. The Hall–Kier alpha value is -7.98. The first-order valence-corrected chi connectivity index (χ1v) is 23.3. The van der Waals surface area contributed by atoms with Crippen LogP contribution in [0.5, 0.6) is 5.75 Å². The van der Waals surface area contributed by atoms with Crippen molar-refractivity contribution in [2.75, 3.05) is 45.9 Å². The number of nitrogens with one attached hydrogen (secondary N) is 2. The maximum absolute atomic E-state index is 14.0. The smallest absolute Gasteiger partial charge is 0.305 e. The van der Waals surface area contributed by atoms with Crippen LogP contribution in [-0.4, -0.2) is 114 Å². The number of imidazole rings is 1. The topological polar surface area (TPSA) is 283 Å². The van der Waals surface area contributed by atoms with Gasteiger partial charge < -0.3 is 44.9 Å². The van der Waals surface area contributed by atoms with Crippen molar-refractivity contribution >= 4 is 68.5 Å². The van der Waals surface area contributed by atoms with Gasteiger partial charge in [-0.2, -0.15) is 10.2 Å². The molecule has 7 rings (SSSR count). The number of allylic oxidation sites excluding steroid dienone is 2. The number of aryl methyl sites for hydroxylation is 4. The van der Waals surface area contributed by atoms with E-state index in [2.05, 4.69) is 25.6 Å². The van der Waals surface area contributed by atoms with Gasteiger partial charge >= 0.3 is 5.97 Å². The Labute approximate surface area is 408 Å². The molecule has 0 saturated heterocycles. The molecule has 0 saturated carbocycles. The summed E-state index contributed by atoms with van der Waals surface area (Å²) in [4.78, 5) is 77.8. The standard InChI is InChI=1S/C49H59N13O9/c1-7-61-37(21-29(3)57-61)46-53-27-35-34-24-32(45(51)66)26-39(71-19-12-18-68-5)43(34)59(47(35)55-46)16-9-10-17-60-42-33(28-70-20-15-52-40(63)13-11-14-41(64)69-6)23-31(44(50)65)25-36(42)54-49(60)56-48(67)38-22-30(4)58-62(38)8-2/h9-10,21-27H,7-8,11-20,28H2,1-6H3,(H2,50,65)(H2,51,66)(H,52,63)(H,54,56,67)/b10-9+. The van der Waals surface area contributed by atoms with E-state index in [1.165, 1.54) is 7.11 Å². The molecule has 0 radical (unpaired) electrons. The minimum absolute atomic E-state index is 0.0132. The maximum atomic E-state index is 14.0. The fraction of sp³-hybridized carbons (Fsp3) is 0.388. The Balaban J connectivity index is 1.27. The van der Waals surface area contributed by atoms with E-state index in [0.717, 1.165) is 11.4 Å². The van der Waals surface area contributed by atoms with Gasteiger partial charge in [-0.05, 0) is 70.5 Å². The van der Waals surface area contributed by atoms with Gasteiger partial charge in [0.25, 0.3) is 5.91 Å². The van der Waals surface area contributed by atoms with E-state index in [1.54, 1.807) is 59.8 Å². The van der Waals surface area contributed by atoms with Crippen molar-refractivity contribution in [3.8, 4) is 17.3 Å². The predicted molar refractivity (Wildman–Crippen MR) is 264 cm³/mol. The van der Waals surface area contributed by atoms with E-state index in [1.807, 2.05) is 48.2 Å². The number of primary amides is 2. The molecule has 0 atom stereocenters. The van der Waals surface area contributed by atoms with Crippen LogP contribution in [0.1, 0.15) is 87.7 Å². The van der Waals surface area contributed by atoms with E-state index in [4.69, 9.17) is 40.6 Å². The average molecular weight is 974 g/mol. The number of aromatic nitrogens is 9. The number of esters is 1. The fourth-order valence-corrected chi connectivity index (χ4v) is 8.28. The van der Waals surface area contributed by atoms with Gasteiger partial charge in [0, 0.05) is 99.4 Å². The third-order valence-electron chi connectivity index (χ3n) is 11.6. The second-order valence-electron chi connectivity index (χ2n) is 16.6. The predicted octanol–water partition coefficient (Wildman–Crippen LogP) is 4.75. The summed E-state index contributed by atoms with van der Waals surface area (Å²) in [6, 6.07) is 10.1. The van der Waals surface area contributed by atoms with Gasteiger partial charge in [0.05, 0.1) is 54.9 Å². The van der Waals surface area contributed by atoms with Gasteiger partial charge in [-0.1, -0.05) is 12.2 Å². The quantitative estimate of drug-likeness (QED) is 0.0342. The zero-order valence-electron chi connectivity index (χ0n) is 40.7. The molecule has 4 amide bonds. The summed E-state index contributed by atoms with van der Waals surface area (Å²) in [5.74, 6) is -1.32. The lowest BCUT2D eigenvalue weighted by atomic mass is 10.1. The van der Waals surface area contributed by atoms with Crippen molar-refractivity contribution in [2.24, 2.45) is 11.5 Å². The summed E-state index contributed by atoms with van der Waals surface area (Å²) >= 11 is 0. The van der Waals surface area contributed by atoms with E-state index < -0.39 is 17.7 Å². The zero-order chi connectivity index (χ0) is 50.8. The molecule has 5 aromatic heterocycles. The second-order valence-corrected chi connectivity index (χ2v) is 16.6. The van der Waals surface area contributed by atoms with Crippen molar-refractivity contribution < 1.29 is 42.9 Å². The van der Waals surface area contributed by atoms with Gasteiger partial charge in [-0.25, -0.2) is 15.0 Å². The zero-order valence-corrected chi connectivity index (χ0v) is 40.7. The average Bonchev–Trinajstić information content (AvgIpc) is 4.12. The Bertz CT molecular complexity index is 3140. The third-order valence-corrected chi connectivity index (χ3v) is 11.6. The number of carbonyl (C=O) groups is 5. The Morgan fingerprint density at radius 2 is 1.48 bits per heavy atom. The van der Waals surface area contributed by atoms with E-state index >= 15 is 0 Å². The van der Waals surface area contributed by atoms with Crippen molar-refractivity contribution in [1.82, 2.24) is 49.0 Å². The van der Waals surface area contributed by atoms with Crippen LogP contribution < -0.4 is 26.8 Å². The molecule has 0 spiro atoms. The lowest BCUT2D eigenvalue weighted by Gasteiger charge is -2.13. The van der Waals surface area contributed by atoms with Crippen molar-refractivity contribution in [2.45, 2.75) is 86.2 Å². The molecule has 7 aromatic rings. The van der Waals surface area contributed by atoms with Crippen LogP contribution in [0.4, 0.5) is 5.95 Å². The SMILES string of the molecule is CCn1nc(C)cc1C(=O)Nc1nc2cc(C(N)=O)cc(COCCNC(=O)CCCC(=O)OC)c2n1C/C=C/Cn1c2nc(-c3cc(C)nn3CC)ncc2c2cc(C(N)=O)cc(OCCCOC)c21. The lowest BCUT2D eigenvalue weighted by Crippen LogP contribution is -2.27. The number of anilines is 1. The number of hydrogen-bond acceptors (Lipinski definition) is 14. The minimum atomic E-state index is -0.688. The van der Waals surface area contributed by atoms with Crippen LogP contribution in [0.2, 0.25) is 0 Å². The van der Waals surface area contributed by atoms with Crippen molar-refractivity contribution in [3.05, 3.63) is 88.5 Å². The summed E-state index contributed by atoms with van der Waals surface area (Å²) in [6.45, 7) is 10.1. The number of ether oxygens (including phenoxy) is 4. The molecular weight excluding hydrogens is 915 g/mol. The number of nitrogens with zero attached hydrogens (tertiary/aromatic N) is 9. The molecule has 0 unspecified atom stereocenters. The normalized spacial score (nSPS) is 11.6. The number of hydrogen-bond donors (Lipinski definition) is 4. The Morgan fingerprint density at radius 3 is 2.20 bits per heavy atom. The van der Waals surface area contributed by atoms with Crippen molar-refractivity contribution in [3.63, 3.8) is 0 Å². The summed E-state index contributed by atoms with van der Waals surface area (Å²) in [5.41, 5.74) is 17.4. The summed E-state index contributed by atoms with van der Waals surface area (Å²) in [6.07, 6.45) is 6.79. The van der Waals surface area contributed by atoms with Gasteiger partial charge in [-0.15, -0.1) is 0 Å². The number of amides is 4. The second kappa shape index (κ2) is 23.1. The number of fused-ring (bicyclic) bond motifs is 4. The lowest BCUT2D eigenvalue weighted by molar-refractivity contribution is -0.140. The summed E-state index contributed by atoms with van der Waals surface area (Å²) < 4.78 is 29.5. The minimum Gasteiger partial charge on any atom is -0.491 e. The Morgan fingerprint density at radius 1 is 0.761 bits per heavy atom.